The van der Waals surface area contributed by atoms with Gasteiger partial charge in [0.2, 0.25) is 4.77 Å². The minimum absolute atomic E-state index is 0.345. The maximum Gasteiger partial charge on any atom is 0.216 e. The fourth-order valence-corrected chi connectivity index (χ4v) is 1.89. The van der Waals surface area contributed by atoms with Gasteiger partial charge >= 0.3 is 0 Å². The Bertz CT molecular complexity index is 631. The number of nitrogens with zero attached hydrogens (tertiary/aromatic N) is 3. The second-order valence-corrected chi connectivity index (χ2v) is 4.59. The largest absolute Gasteiger partial charge is 0.250 e. The third-order valence-electron chi connectivity index (χ3n) is 1.93. The van der Waals surface area contributed by atoms with Crippen LogP contribution in [0.2, 0.25) is 15.1 Å². The molecular formula is C9H5Cl3N4S. The summed E-state index contributed by atoms with van der Waals surface area (Å²) in [4.78, 5) is 0. The number of nitrogens with one attached hydrogen (secondary N) is 1. The quantitative estimate of drug-likeness (QED) is 0.521. The van der Waals surface area contributed by atoms with Crippen LogP contribution < -0.4 is 0 Å². The number of aromatic amines is 1. The molecule has 0 amide bonds. The van der Waals surface area contributed by atoms with E-state index in [0.717, 1.165) is 0 Å². The summed E-state index contributed by atoms with van der Waals surface area (Å²) in [5.74, 6) is 0. The molecule has 0 spiro atoms. The third kappa shape index (κ3) is 2.69. The highest BCUT2D eigenvalue weighted by Crippen LogP contribution is 2.29. The Morgan fingerprint density at radius 1 is 1.29 bits per heavy atom. The second-order valence-electron chi connectivity index (χ2n) is 3.01. The van der Waals surface area contributed by atoms with Gasteiger partial charge in [-0.2, -0.15) is 14.9 Å². The highest BCUT2D eigenvalue weighted by atomic mass is 35.5. The van der Waals surface area contributed by atoms with Crippen LogP contribution in [0.15, 0.2) is 23.6 Å². The molecular weight excluding hydrogens is 303 g/mol. The number of rotatable bonds is 2. The maximum atomic E-state index is 6.01. The van der Waals surface area contributed by atoms with Crippen LogP contribution >= 0.6 is 47.0 Å². The molecule has 1 N–H and O–H groups in total. The van der Waals surface area contributed by atoms with Crippen molar-refractivity contribution in [3.05, 3.63) is 43.9 Å². The van der Waals surface area contributed by atoms with Crippen molar-refractivity contribution in [2.45, 2.75) is 0 Å². The molecule has 0 aliphatic heterocycles. The molecule has 0 unspecified atom stereocenters. The average molecular weight is 308 g/mol. The molecule has 8 heteroatoms. The predicted molar refractivity (Wildman–Crippen MR) is 71.9 cm³/mol. The smallest absolute Gasteiger partial charge is 0.216 e. The van der Waals surface area contributed by atoms with Gasteiger partial charge < -0.3 is 0 Å². The predicted octanol–water partition coefficient (Wildman–Crippen LogP) is 3.78. The van der Waals surface area contributed by atoms with Gasteiger partial charge in [-0.05, 0) is 24.4 Å². The van der Waals surface area contributed by atoms with Crippen LogP contribution in [0.25, 0.3) is 0 Å². The summed E-state index contributed by atoms with van der Waals surface area (Å²) in [6.45, 7) is 0. The van der Waals surface area contributed by atoms with Gasteiger partial charge in [-0.3, -0.25) is 5.10 Å². The van der Waals surface area contributed by atoms with Crippen LogP contribution in [0.3, 0.4) is 0 Å². The van der Waals surface area contributed by atoms with Crippen molar-refractivity contribution in [2.24, 2.45) is 5.10 Å². The molecule has 2 rings (SSSR count). The Morgan fingerprint density at radius 3 is 2.65 bits per heavy atom. The molecule has 17 heavy (non-hydrogen) atoms. The van der Waals surface area contributed by atoms with Gasteiger partial charge in [0, 0.05) is 5.56 Å². The first-order chi connectivity index (χ1) is 8.09. The maximum absolute atomic E-state index is 6.01. The van der Waals surface area contributed by atoms with Crippen molar-refractivity contribution in [3.63, 3.8) is 0 Å². The van der Waals surface area contributed by atoms with Crippen LogP contribution in [-0.2, 0) is 0 Å². The monoisotopic (exact) mass is 306 g/mol. The molecule has 0 radical (unpaired) electrons. The Balaban J connectivity index is 2.43. The number of hydrogen-bond donors (Lipinski definition) is 1. The van der Waals surface area contributed by atoms with Crippen molar-refractivity contribution in [1.29, 1.82) is 0 Å². The van der Waals surface area contributed by atoms with E-state index in [1.54, 1.807) is 12.1 Å². The van der Waals surface area contributed by atoms with E-state index in [9.17, 15) is 0 Å². The fraction of sp³-hybridized carbons (Fsp3) is 0. The zero-order valence-electron chi connectivity index (χ0n) is 8.19. The SMILES string of the molecule is S=c1[nH]ncn1/N=C\c1c(Cl)ccc(Cl)c1Cl. The van der Waals surface area contributed by atoms with Crippen molar-refractivity contribution in [2.75, 3.05) is 0 Å². The number of benzene rings is 1. The van der Waals surface area contributed by atoms with Gasteiger partial charge in [-0.1, -0.05) is 34.8 Å². The molecule has 0 saturated carbocycles. The molecule has 1 heterocycles. The van der Waals surface area contributed by atoms with Crippen molar-refractivity contribution in [1.82, 2.24) is 14.9 Å². The molecule has 0 fully saturated rings. The zero-order chi connectivity index (χ0) is 12.4. The molecule has 0 bridgehead atoms. The average Bonchev–Trinajstić information content (AvgIpc) is 2.70. The summed E-state index contributed by atoms with van der Waals surface area (Å²) in [6.07, 6.45) is 2.91. The summed E-state index contributed by atoms with van der Waals surface area (Å²) < 4.78 is 1.75. The van der Waals surface area contributed by atoms with Crippen molar-refractivity contribution < 1.29 is 0 Å². The zero-order valence-corrected chi connectivity index (χ0v) is 11.3. The molecule has 1 aromatic heterocycles. The first kappa shape index (κ1) is 12.6. The van der Waals surface area contributed by atoms with E-state index in [1.165, 1.54) is 17.2 Å². The van der Waals surface area contributed by atoms with E-state index in [1.807, 2.05) is 0 Å². The van der Waals surface area contributed by atoms with E-state index in [-0.39, 0.29) is 0 Å². The molecule has 0 saturated heterocycles. The lowest BCUT2D eigenvalue weighted by Gasteiger charge is -2.02. The second kappa shape index (κ2) is 5.18. The summed E-state index contributed by atoms with van der Waals surface area (Å²) in [5.41, 5.74) is 0.531. The number of aromatic nitrogens is 3. The van der Waals surface area contributed by atoms with Gasteiger partial charge in [0.15, 0.2) is 0 Å². The van der Waals surface area contributed by atoms with Crippen LogP contribution in [0.1, 0.15) is 5.56 Å². The number of H-pyrrole nitrogens is 1. The topological polar surface area (TPSA) is 46.0 Å². The molecule has 4 nitrogen and oxygen atoms in total. The van der Waals surface area contributed by atoms with E-state index < -0.39 is 0 Å². The van der Waals surface area contributed by atoms with Crippen LogP contribution in [-0.4, -0.2) is 21.1 Å². The minimum atomic E-state index is 0.345. The standard InChI is InChI=1S/C9H5Cl3N4S/c10-6-1-2-7(11)8(12)5(6)3-14-16-4-13-15-9(16)17/h1-4H,(H,15,17)/b14-3-. The highest BCUT2D eigenvalue weighted by molar-refractivity contribution is 7.71. The van der Waals surface area contributed by atoms with Crippen LogP contribution in [0, 0.1) is 4.77 Å². The lowest BCUT2D eigenvalue weighted by Crippen LogP contribution is -1.91. The van der Waals surface area contributed by atoms with Crippen LogP contribution in [0.5, 0.6) is 0 Å². The van der Waals surface area contributed by atoms with Gasteiger partial charge in [0.1, 0.15) is 6.33 Å². The van der Waals surface area contributed by atoms with Crippen molar-refractivity contribution >= 4 is 53.2 Å². The number of halogens is 3. The van der Waals surface area contributed by atoms with E-state index in [4.69, 9.17) is 47.0 Å². The summed E-state index contributed by atoms with van der Waals surface area (Å²) in [7, 11) is 0. The summed E-state index contributed by atoms with van der Waals surface area (Å²) >= 11 is 22.8. The molecule has 88 valence electrons. The fourth-order valence-electron chi connectivity index (χ4n) is 1.11. The molecule has 1 aromatic carbocycles. The van der Waals surface area contributed by atoms with Gasteiger partial charge in [-0.15, -0.1) is 0 Å². The third-order valence-corrected chi connectivity index (χ3v) is 3.35. The van der Waals surface area contributed by atoms with Crippen LogP contribution in [0.4, 0.5) is 0 Å². The summed E-state index contributed by atoms with van der Waals surface area (Å²) in [5, 5.41) is 11.6. The van der Waals surface area contributed by atoms with E-state index in [2.05, 4.69) is 15.3 Å². The van der Waals surface area contributed by atoms with Crippen molar-refractivity contribution in [3.8, 4) is 0 Å². The first-order valence-corrected chi connectivity index (χ1v) is 5.93. The van der Waals surface area contributed by atoms with Gasteiger partial charge in [0.25, 0.3) is 0 Å². The van der Waals surface area contributed by atoms with E-state index >= 15 is 0 Å². The van der Waals surface area contributed by atoms with Gasteiger partial charge in [0.05, 0.1) is 21.3 Å². The Morgan fingerprint density at radius 2 is 2.00 bits per heavy atom. The molecule has 0 aliphatic carbocycles. The first-order valence-electron chi connectivity index (χ1n) is 4.39. The normalized spacial score (nSPS) is 11.2. The summed E-state index contributed by atoms with van der Waals surface area (Å²) in [6, 6.07) is 3.26. The van der Waals surface area contributed by atoms with Gasteiger partial charge in [-0.25, -0.2) is 0 Å². The Hall–Kier alpha value is -0.880. The van der Waals surface area contributed by atoms with E-state index in [0.29, 0.717) is 25.4 Å². The number of hydrogen-bond acceptors (Lipinski definition) is 3. The lowest BCUT2D eigenvalue weighted by atomic mass is 10.2. The molecule has 0 atom stereocenters. The highest BCUT2D eigenvalue weighted by Gasteiger charge is 2.07. The minimum Gasteiger partial charge on any atom is -0.250 e. The Labute approximate surface area is 117 Å². The lowest BCUT2D eigenvalue weighted by molar-refractivity contribution is 0.863. The molecule has 2 aromatic rings. The Kier molecular flexibility index (Phi) is 3.83. The molecule has 0 aliphatic rings.